The molecular weight excluding hydrogens is 601 g/mol. The molecule has 0 radical (unpaired) electrons. The number of sulfonamides is 1. The van der Waals surface area contributed by atoms with E-state index in [1.807, 2.05) is 67.6 Å². The molecule has 0 saturated carbocycles. The number of nitrogens with zero attached hydrogens (tertiary/aromatic N) is 4. The van der Waals surface area contributed by atoms with Crippen LogP contribution in [0, 0.1) is 25.2 Å². The van der Waals surface area contributed by atoms with Crippen LogP contribution >= 0.6 is 23.1 Å². The van der Waals surface area contributed by atoms with E-state index < -0.39 is 10.0 Å². The second kappa shape index (κ2) is 13.2. The Morgan fingerprint density at radius 1 is 0.953 bits per heavy atom. The van der Waals surface area contributed by atoms with Gasteiger partial charge in [-0.3, -0.25) is 9.52 Å². The third-order valence-electron chi connectivity index (χ3n) is 6.29. The van der Waals surface area contributed by atoms with Gasteiger partial charge in [-0.15, -0.1) is 22.0 Å². The van der Waals surface area contributed by atoms with Gasteiger partial charge in [0.2, 0.25) is 11.0 Å². The highest BCUT2D eigenvalue weighted by Gasteiger charge is 2.18. The van der Waals surface area contributed by atoms with E-state index in [-0.39, 0.29) is 22.4 Å². The molecule has 12 heteroatoms. The summed E-state index contributed by atoms with van der Waals surface area (Å²) < 4.78 is 27.6. The normalized spacial score (nSPS) is 11.1. The van der Waals surface area contributed by atoms with E-state index in [0.717, 1.165) is 39.3 Å². The highest BCUT2D eigenvalue weighted by molar-refractivity contribution is 7.99. The van der Waals surface area contributed by atoms with Gasteiger partial charge in [0, 0.05) is 29.0 Å². The second-order valence-corrected chi connectivity index (χ2v) is 13.4. The smallest absolute Gasteiger partial charge is 0.263 e. The van der Waals surface area contributed by atoms with Crippen LogP contribution in [-0.2, 0) is 14.8 Å². The van der Waals surface area contributed by atoms with Crippen molar-refractivity contribution >= 4 is 49.8 Å². The molecule has 2 N–H and O–H groups in total. The summed E-state index contributed by atoms with van der Waals surface area (Å²) in [5, 5.41) is 21.9. The minimum absolute atomic E-state index is 0.0340. The summed E-state index contributed by atoms with van der Waals surface area (Å²) in [6.07, 6.45) is 0.157. The van der Waals surface area contributed by atoms with Crippen LogP contribution < -0.4 is 10.0 Å². The number of anilines is 2. The molecule has 2 heterocycles. The van der Waals surface area contributed by atoms with Crippen molar-refractivity contribution < 1.29 is 13.2 Å². The van der Waals surface area contributed by atoms with Crippen LogP contribution in [0.4, 0.5) is 10.8 Å². The molecule has 0 aliphatic rings. The average Bonchev–Trinajstić information content (AvgIpc) is 3.41. The molecule has 1 amide bonds. The summed E-state index contributed by atoms with van der Waals surface area (Å²) in [4.78, 5) is 17.6. The Balaban J connectivity index is 1.27. The van der Waals surface area contributed by atoms with Crippen LogP contribution in [0.25, 0.3) is 22.4 Å². The molecule has 0 atom stereocenters. The molecule has 5 rings (SSSR count). The fraction of sp³-hybridized carbons (Fsp3) is 0.129. The number of amides is 1. The van der Waals surface area contributed by atoms with E-state index in [1.165, 1.54) is 36.0 Å². The Bertz CT molecular complexity index is 1900. The fourth-order valence-corrected chi connectivity index (χ4v) is 6.91. The van der Waals surface area contributed by atoms with Crippen LogP contribution in [0.1, 0.15) is 22.6 Å². The fourth-order valence-electron chi connectivity index (χ4n) is 4.14. The Hall–Kier alpha value is -4.57. The summed E-state index contributed by atoms with van der Waals surface area (Å²) in [5.41, 5.74) is 5.42. The molecule has 0 fully saturated rings. The van der Waals surface area contributed by atoms with E-state index in [0.29, 0.717) is 27.0 Å². The lowest BCUT2D eigenvalue weighted by atomic mass is 9.98. The van der Waals surface area contributed by atoms with Gasteiger partial charge in [-0.25, -0.2) is 13.4 Å². The maximum Gasteiger partial charge on any atom is 0.263 e. The number of aryl methyl sites for hydroxylation is 2. The molecule has 0 aliphatic carbocycles. The van der Waals surface area contributed by atoms with Crippen molar-refractivity contribution in [3.63, 3.8) is 0 Å². The minimum atomic E-state index is -3.84. The molecule has 9 nitrogen and oxygen atoms in total. The van der Waals surface area contributed by atoms with E-state index in [2.05, 4.69) is 26.3 Å². The SMILES string of the molecule is Cc1ccc(-c2cc(-c3ccccc3)nc(SCCC(=O)Nc3ccc(S(=O)(=O)Nc4nnc(C)s4)cc3)c2C#N)cc1. The lowest BCUT2D eigenvalue weighted by molar-refractivity contribution is -0.115. The van der Waals surface area contributed by atoms with Crippen molar-refractivity contribution in [1.29, 1.82) is 5.26 Å². The lowest BCUT2D eigenvalue weighted by Crippen LogP contribution is -2.14. The predicted molar refractivity (Wildman–Crippen MR) is 170 cm³/mol. The van der Waals surface area contributed by atoms with E-state index in [1.54, 1.807) is 6.92 Å². The van der Waals surface area contributed by atoms with Gasteiger partial charge in [0.25, 0.3) is 10.0 Å². The zero-order valence-corrected chi connectivity index (χ0v) is 25.7. The summed E-state index contributed by atoms with van der Waals surface area (Å²) in [6, 6.07) is 27.9. The van der Waals surface area contributed by atoms with Gasteiger partial charge in [0.1, 0.15) is 16.1 Å². The lowest BCUT2D eigenvalue weighted by Gasteiger charge is -2.13. The standard InChI is InChI=1S/C31H26N6O3S3/c1-20-8-10-22(11-9-20)26-18-28(23-6-4-3-5-7-23)34-30(27(26)19-32)41-17-16-29(38)33-24-12-14-25(15-13-24)43(39,40)37-31-36-35-21(2)42-31/h3-15,18H,16-17H2,1-2H3,(H,33,38)(H,36,37). The van der Waals surface area contributed by atoms with Gasteiger partial charge in [-0.1, -0.05) is 71.5 Å². The first-order chi connectivity index (χ1) is 20.7. The highest BCUT2D eigenvalue weighted by atomic mass is 32.2. The van der Waals surface area contributed by atoms with E-state index in [4.69, 9.17) is 4.98 Å². The first-order valence-corrected chi connectivity index (χ1v) is 16.4. The molecule has 43 heavy (non-hydrogen) atoms. The number of carbonyl (C=O) groups excluding carboxylic acids is 1. The molecule has 0 aliphatic heterocycles. The summed E-state index contributed by atoms with van der Waals surface area (Å²) in [5.74, 6) is 0.138. The van der Waals surface area contributed by atoms with Gasteiger partial charge in [0.05, 0.1) is 16.2 Å². The monoisotopic (exact) mass is 626 g/mol. The van der Waals surface area contributed by atoms with Crippen LogP contribution in [0.5, 0.6) is 0 Å². The zero-order valence-electron chi connectivity index (χ0n) is 23.2. The maximum atomic E-state index is 12.7. The van der Waals surface area contributed by atoms with Gasteiger partial charge >= 0.3 is 0 Å². The largest absolute Gasteiger partial charge is 0.326 e. The molecule has 0 unspecified atom stereocenters. The number of rotatable bonds is 10. The van der Waals surface area contributed by atoms with Crippen LogP contribution in [-0.4, -0.2) is 35.3 Å². The number of hydrogen-bond donors (Lipinski definition) is 2. The van der Waals surface area contributed by atoms with Crippen molar-refractivity contribution in [2.45, 2.75) is 30.2 Å². The number of nitrogens with one attached hydrogen (secondary N) is 2. The quantitative estimate of drug-likeness (QED) is 0.164. The summed E-state index contributed by atoms with van der Waals surface area (Å²) >= 11 is 2.48. The number of pyridine rings is 1. The molecule has 0 bridgehead atoms. The first kappa shape index (κ1) is 29.9. The Morgan fingerprint density at radius 3 is 2.33 bits per heavy atom. The summed E-state index contributed by atoms with van der Waals surface area (Å²) in [7, 11) is -3.84. The third-order valence-corrected chi connectivity index (χ3v) is 9.51. The van der Waals surface area contributed by atoms with Crippen molar-refractivity contribution in [2.75, 3.05) is 15.8 Å². The van der Waals surface area contributed by atoms with Crippen molar-refractivity contribution in [3.05, 3.63) is 101 Å². The average molecular weight is 627 g/mol. The van der Waals surface area contributed by atoms with Gasteiger partial charge in [0.15, 0.2) is 0 Å². The number of benzene rings is 3. The van der Waals surface area contributed by atoms with Crippen LogP contribution in [0.2, 0.25) is 0 Å². The second-order valence-electron chi connectivity index (χ2n) is 9.48. The minimum Gasteiger partial charge on any atom is -0.326 e. The number of aromatic nitrogens is 3. The van der Waals surface area contributed by atoms with Crippen molar-refractivity contribution in [3.8, 4) is 28.5 Å². The maximum absolute atomic E-state index is 12.7. The number of nitriles is 1. The Kier molecular flexibility index (Phi) is 9.16. The van der Waals surface area contributed by atoms with Crippen LogP contribution in [0.3, 0.4) is 0 Å². The van der Waals surface area contributed by atoms with Gasteiger partial charge in [-0.2, -0.15) is 5.26 Å². The topological polar surface area (TPSA) is 138 Å². The Morgan fingerprint density at radius 2 is 1.67 bits per heavy atom. The van der Waals surface area contributed by atoms with E-state index in [9.17, 15) is 18.5 Å². The highest BCUT2D eigenvalue weighted by Crippen LogP contribution is 2.34. The zero-order chi connectivity index (χ0) is 30.4. The number of thioether (sulfide) groups is 1. The molecule has 2 aromatic heterocycles. The van der Waals surface area contributed by atoms with Crippen molar-refractivity contribution in [2.24, 2.45) is 0 Å². The number of carbonyl (C=O) groups is 1. The molecule has 5 aromatic rings. The molecule has 0 saturated heterocycles. The van der Waals surface area contributed by atoms with Gasteiger partial charge in [-0.05, 0) is 49.7 Å². The molecule has 0 spiro atoms. The molecule has 3 aromatic carbocycles. The van der Waals surface area contributed by atoms with Crippen molar-refractivity contribution in [1.82, 2.24) is 15.2 Å². The summed E-state index contributed by atoms with van der Waals surface area (Å²) in [6.45, 7) is 3.74. The number of hydrogen-bond acceptors (Lipinski definition) is 9. The molecule has 216 valence electrons. The third kappa shape index (κ3) is 7.45. The first-order valence-electron chi connectivity index (χ1n) is 13.1. The van der Waals surface area contributed by atoms with E-state index >= 15 is 0 Å². The predicted octanol–water partition coefficient (Wildman–Crippen LogP) is 6.68. The van der Waals surface area contributed by atoms with Gasteiger partial charge < -0.3 is 5.32 Å². The Labute approximate surface area is 258 Å². The van der Waals surface area contributed by atoms with Crippen LogP contribution in [0.15, 0.2) is 94.9 Å². The molecular formula is C31H26N6O3S3.